The maximum absolute atomic E-state index is 12.4. The van der Waals surface area contributed by atoms with Gasteiger partial charge in [-0.15, -0.1) is 0 Å². The van der Waals surface area contributed by atoms with Crippen LogP contribution in [0.3, 0.4) is 0 Å². The lowest BCUT2D eigenvalue weighted by Gasteiger charge is -2.15. The van der Waals surface area contributed by atoms with E-state index in [1.165, 1.54) is 29.0 Å². The standard InChI is InChI=1S/C15H12F3N3O3/c1-23-14(22)13-12(20)9(6-19)7-21(13)10-4-2-3-5-11(10)24-8-15(16,17)18/h2-5,7H,8,20H2,1H3. The highest BCUT2D eigenvalue weighted by Gasteiger charge is 2.29. The van der Waals surface area contributed by atoms with Crippen LogP contribution in [0.2, 0.25) is 0 Å². The smallest absolute Gasteiger partial charge is 0.422 e. The van der Waals surface area contributed by atoms with Gasteiger partial charge in [0.05, 0.1) is 24.0 Å². The molecule has 0 bridgehead atoms. The molecule has 126 valence electrons. The molecule has 1 heterocycles. The number of esters is 1. The number of methoxy groups -OCH3 is 1. The SMILES string of the molecule is COC(=O)c1c(N)c(C#N)cn1-c1ccccc1OCC(F)(F)F. The van der Waals surface area contributed by atoms with Crippen molar-refractivity contribution >= 4 is 11.7 Å². The van der Waals surface area contributed by atoms with Crippen LogP contribution < -0.4 is 10.5 Å². The zero-order chi connectivity index (χ0) is 17.9. The van der Waals surface area contributed by atoms with Crippen LogP contribution in [0.1, 0.15) is 16.1 Å². The summed E-state index contributed by atoms with van der Waals surface area (Å²) >= 11 is 0. The number of nitriles is 1. The van der Waals surface area contributed by atoms with Gasteiger partial charge in [0, 0.05) is 6.20 Å². The van der Waals surface area contributed by atoms with Crippen LogP contribution in [-0.4, -0.2) is 30.4 Å². The molecule has 2 aromatic rings. The van der Waals surface area contributed by atoms with Gasteiger partial charge in [-0.3, -0.25) is 0 Å². The van der Waals surface area contributed by atoms with Crippen molar-refractivity contribution in [3.8, 4) is 17.5 Å². The average Bonchev–Trinajstić information content (AvgIpc) is 2.88. The lowest BCUT2D eigenvalue weighted by atomic mass is 10.2. The van der Waals surface area contributed by atoms with Gasteiger partial charge >= 0.3 is 12.1 Å². The second kappa shape index (κ2) is 6.54. The predicted octanol–water partition coefficient (Wildman–Crippen LogP) is 2.66. The maximum atomic E-state index is 12.4. The zero-order valence-electron chi connectivity index (χ0n) is 12.4. The molecule has 1 aromatic heterocycles. The molecule has 6 nitrogen and oxygen atoms in total. The fourth-order valence-electron chi connectivity index (χ4n) is 2.04. The number of halogens is 3. The summed E-state index contributed by atoms with van der Waals surface area (Å²) in [7, 11) is 1.12. The first-order valence-electron chi connectivity index (χ1n) is 6.56. The molecule has 0 aliphatic heterocycles. The third-order valence-corrected chi connectivity index (χ3v) is 3.06. The zero-order valence-corrected chi connectivity index (χ0v) is 12.4. The number of benzene rings is 1. The van der Waals surface area contributed by atoms with E-state index in [0.717, 1.165) is 7.11 Å². The van der Waals surface area contributed by atoms with Crippen molar-refractivity contribution in [2.24, 2.45) is 0 Å². The van der Waals surface area contributed by atoms with Crippen molar-refractivity contribution < 1.29 is 27.4 Å². The van der Waals surface area contributed by atoms with Crippen LogP contribution in [0.15, 0.2) is 30.5 Å². The number of nitrogens with two attached hydrogens (primary N) is 1. The maximum Gasteiger partial charge on any atom is 0.422 e. The number of aromatic nitrogens is 1. The number of carbonyl (C=O) groups excluding carboxylic acids is 1. The first kappa shape index (κ1) is 17.2. The number of hydrogen-bond donors (Lipinski definition) is 1. The summed E-state index contributed by atoms with van der Waals surface area (Å²) in [5.74, 6) is -0.959. The second-order valence-corrected chi connectivity index (χ2v) is 4.65. The summed E-state index contributed by atoms with van der Waals surface area (Å²) < 4.78 is 47.8. The topological polar surface area (TPSA) is 90.3 Å². The summed E-state index contributed by atoms with van der Waals surface area (Å²) in [6, 6.07) is 7.56. The molecule has 0 aliphatic carbocycles. The molecule has 0 unspecified atom stereocenters. The summed E-state index contributed by atoms with van der Waals surface area (Å²) in [6.45, 7) is -1.50. The minimum Gasteiger partial charge on any atom is -0.482 e. The predicted molar refractivity (Wildman–Crippen MR) is 77.8 cm³/mol. The molecule has 2 N–H and O–H groups in total. The number of nitrogens with zero attached hydrogens (tertiary/aromatic N) is 2. The molecular formula is C15H12F3N3O3. The highest BCUT2D eigenvalue weighted by Crippen LogP contribution is 2.30. The Morgan fingerprint density at radius 2 is 2.04 bits per heavy atom. The van der Waals surface area contributed by atoms with Crippen LogP contribution in [-0.2, 0) is 4.74 Å². The Hall–Kier alpha value is -3.15. The molecule has 2 rings (SSSR count). The Balaban J connectivity index is 2.57. The van der Waals surface area contributed by atoms with Gasteiger partial charge in [-0.1, -0.05) is 12.1 Å². The van der Waals surface area contributed by atoms with E-state index in [2.05, 4.69) is 4.74 Å². The van der Waals surface area contributed by atoms with Crippen LogP contribution in [0, 0.1) is 11.3 Å². The molecule has 9 heteroatoms. The quantitative estimate of drug-likeness (QED) is 0.865. The molecule has 0 spiro atoms. The van der Waals surface area contributed by atoms with Gasteiger partial charge in [-0.25, -0.2) is 4.79 Å². The fourth-order valence-corrected chi connectivity index (χ4v) is 2.04. The lowest BCUT2D eigenvalue weighted by Crippen LogP contribution is -2.20. The fraction of sp³-hybridized carbons (Fsp3) is 0.200. The van der Waals surface area contributed by atoms with Crippen molar-refractivity contribution in [3.63, 3.8) is 0 Å². The summed E-state index contributed by atoms with van der Waals surface area (Å²) in [4.78, 5) is 11.9. The number of ether oxygens (including phenoxy) is 2. The number of nitrogen functional groups attached to an aromatic ring is 1. The molecule has 1 aromatic carbocycles. The summed E-state index contributed by atoms with van der Waals surface area (Å²) in [5.41, 5.74) is 5.57. The molecule has 0 saturated carbocycles. The number of carbonyl (C=O) groups is 1. The van der Waals surface area contributed by atoms with Crippen LogP contribution in [0.5, 0.6) is 5.75 Å². The van der Waals surface area contributed by atoms with Crippen molar-refractivity contribution in [1.82, 2.24) is 4.57 Å². The number of para-hydroxylation sites is 2. The van der Waals surface area contributed by atoms with E-state index in [9.17, 15) is 18.0 Å². The third kappa shape index (κ3) is 3.43. The van der Waals surface area contributed by atoms with E-state index in [1.807, 2.05) is 0 Å². The van der Waals surface area contributed by atoms with Crippen molar-refractivity contribution in [3.05, 3.63) is 41.7 Å². The van der Waals surface area contributed by atoms with Gasteiger partial charge in [-0.2, -0.15) is 18.4 Å². The van der Waals surface area contributed by atoms with E-state index < -0.39 is 18.8 Å². The molecule has 0 saturated heterocycles. The van der Waals surface area contributed by atoms with Crippen LogP contribution in [0.4, 0.5) is 18.9 Å². The third-order valence-electron chi connectivity index (χ3n) is 3.06. The molecule has 0 fully saturated rings. The average molecular weight is 339 g/mol. The van der Waals surface area contributed by atoms with E-state index in [0.29, 0.717) is 0 Å². The van der Waals surface area contributed by atoms with Gasteiger partial charge in [0.2, 0.25) is 0 Å². The van der Waals surface area contributed by atoms with E-state index in [1.54, 1.807) is 12.1 Å². The number of alkyl halides is 3. The Morgan fingerprint density at radius 1 is 1.38 bits per heavy atom. The Labute approximate surface area is 134 Å². The Bertz CT molecular complexity index is 807. The molecule has 0 aliphatic rings. The van der Waals surface area contributed by atoms with Crippen molar-refractivity contribution in [2.45, 2.75) is 6.18 Å². The molecule has 0 radical (unpaired) electrons. The first-order chi connectivity index (χ1) is 11.3. The molecule has 24 heavy (non-hydrogen) atoms. The Kier molecular flexibility index (Phi) is 4.69. The molecule has 0 amide bonds. The summed E-state index contributed by atoms with van der Waals surface area (Å²) in [6.07, 6.45) is -3.29. The van der Waals surface area contributed by atoms with Gasteiger partial charge in [0.25, 0.3) is 0 Å². The normalized spacial score (nSPS) is 11.0. The van der Waals surface area contributed by atoms with Crippen LogP contribution >= 0.6 is 0 Å². The van der Waals surface area contributed by atoms with Gasteiger partial charge in [0.15, 0.2) is 12.3 Å². The molecule has 0 atom stereocenters. The monoisotopic (exact) mass is 339 g/mol. The summed E-state index contributed by atoms with van der Waals surface area (Å²) in [5, 5.41) is 9.06. The lowest BCUT2D eigenvalue weighted by molar-refractivity contribution is -0.153. The number of hydrogen-bond acceptors (Lipinski definition) is 5. The number of rotatable bonds is 4. The van der Waals surface area contributed by atoms with Crippen molar-refractivity contribution in [1.29, 1.82) is 5.26 Å². The first-order valence-corrected chi connectivity index (χ1v) is 6.56. The molecular weight excluding hydrogens is 327 g/mol. The highest BCUT2D eigenvalue weighted by molar-refractivity contribution is 5.96. The largest absolute Gasteiger partial charge is 0.482 e. The van der Waals surface area contributed by atoms with E-state index in [4.69, 9.17) is 15.7 Å². The Morgan fingerprint density at radius 3 is 2.62 bits per heavy atom. The van der Waals surface area contributed by atoms with Gasteiger partial charge in [0.1, 0.15) is 11.8 Å². The highest BCUT2D eigenvalue weighted by atomic mass is 19.4. The minimum atomic E-state index is -4.52. The van der Waals surface area contributed by atoms with E-state index >= 15 is 0 Å². The van der Waals surface area contributed by atoms with Crippen LogP contribution in [0.25, 0.3) is 5.69 Å². The second-order valence-electron chi connectivity index (χ2n) is 4.65. The van der Waals surface area contributed by atoms with Gasteiger partial charge in [-0.05, 0) is 12.1 Å². The minimum absolute atomic E-state index is 0.0129. The van der Waals surface area contributed by atoms with E-state index in [-0.39, 0.29) is 28.4 Å². The number of anilines is 1. The van der Waals surface area contributed by atoms with Crippen molar-refractivity contribution in [2.75, 3.05) is 19.5 Å². The van der Waals surface area contributed by atoms with Gasteiger partial charge < -0.3 is 19.8 Å².